The van der Waals surface area contributed by atoms with E-state index in [1.165, 1.54) is 4.31 Å². The molecule has 1 aromatic carbocycles. The molecular formula is C14H19IN2O3S. The van der Waals surface area contributed by atoms with Gasteiger partial charge in [0.25, 0.3) is 0 Å². The SMILES string of the molecule is CCCS(=O)(=O)N1CCCC1C(=O)Nc1cccc(I)c1. The van der Waals surface area contributed by atoms with E-state index in [0.29, 0.717) is 25.1 Å². The monoisotopic (exact) mass is 422 g/mol. The summed E-state index contributed by atoms with van der Waals surface area (Å²) in [7, 11) is -3.33. The van der Waals surface area contributed by atoms with Crippen molar-refractivity contribution >= 4 is 44.2 Å². The summed E-state index contributed by atoms with van der Waals surface area (Å²) in [4.78, 5) is 12.4. The quantitative estimate of drug-likeness (QED) is 0.742. The number of amides is 1. The second-order valence-corrected chi connectivity index (χ2v) is 8.37. The summed E-state index contributed by atoms with van der Waals surface area (Å²) < 4.78 is 26.8. The standard InChI is InChI=1S/C14H19IN2O3S/c1-2-9-21(19,20)17-8-4-7-13(17)14(18)16-12-6-3-5-11(15)10-12/h3,5-6,10,13H,2,4,7-9H2,1H3,(H,16,18). The molecule has 0 aliphatic carbocycles. The molecule has 1 atom stereocenters. The molecule has 2 rings (SSSR count). The van der Waals surface area contributed by atoms with Crippen molar-refractivity contribution in [2.45, 2.75) is 32.2 Å². The molecule has 5 nitrogen and oxygen atoms in total. The molecule has 1 heterocycles. The van der Waals surface area contributed by atoms with Gasteiger partial charge in [-0.1, -0.05) is 13.0 Å². The fourth-order valence-corrected chi connectivity index (χ4v) is 4.79. The van der Waals surface area contributed by atoms with E-state index < -0.39 is 16.1 Å². The number of sulfonamides is 1. The fraction of sp³-hybridized carbons (Fsp3) is 0.500. The third-order valence-electron chi connectivity index (χ3n) is 3.42. The van der Waals surface area contributed by atoms with Gasteiger partial charge in [-0.05, 0) is 60.1 Å². The maximum Gasteiger partial charge on any atom is 0.242 e. The van der Waals surface area contributed by atoms with Gasteiger partial charge in [-0.25, -0.2) is 8.42 Å². The van der Waals surface area contributed by atoms with E-state index in [2.05, 4.69) is 27.9 Å². The van der Waals surface area contributed by atoms with Gasteiger partial charge in [-0.3, -0.25) is 4.79 Å². The summed E-state index contributed by atoms with van der Waals surface area (Å²) in [6, 6.07) is 6.87. The number of halogens is 1. The Morgan fingerprint density at radius 1 is 1.48 bits per heavy atom. The van der Waals surface area contributed by atoms with E-state index >= 15 is 0 Å². The average molecular weight is 422 g/mol. The van der Waals surface area contributed by atoms with Crippen molar-refractivity contribution in [1.82, 2.24) is 4.31 Å². The van der Waals surface area contributed by atoms with Crippen LogP contribution in [0.1, 0.15) is 26.2 Å². The van der Waals surface area contributed by atoms with Crippen LogP contribution in [0.3, 0.4) is 0 Å². The molecule has 1 aliphatic rings. The summed E-state index contributed by atoms with van der Waals surface area (Å²) in [6.07, 6.45) is 1.87. The lowest BCUT2D eigenvalue weighted by Crippen LogP contribution is -2.44. The van der Waals surface area contributed by atoms with Crippen molar-refractivity contribution in [3.05, 3.63) is 27.8 Å². The zero-order valence-corrected chi connectivity index (χ0v) is 14.9. The lowest BCUT2D eigenvalue weighted by molar-refractivity contribution is -0.119. The number of hydrogen-bond donors (Lipinski definition) is 1. The molecule has 1 amide bonds. The van der Waals surface area contributed by atoms with Crippen LogP contribution >= 0.6 is 22.6 Å². The molecule has 21 heavy (non-hydrogen) atoms. The van der Waals surface area contributed by atoms with E-state index in [4.69, 9.17) is 0 Å². The Balaban J connectivity index is 2.11. The smallest absolute Gasteiger partial charge is 0.242 e. The van der Waals surface area contributed by atoms with Gasteiger partial charge in [-0.2, -0.15) is 4.31 Å². The van der Waals surface area contributed by atoms with Crippen molar-refractivity contribution in [1.29, 1.82) is 0 Å². The molecule has 1 unspecified atom stereocenters. The highest BCUT2D eigenvalue weighted by Gasteiger charge is 2.37. The Kier molecular flexibility index (Phi) is 5.61. The molecule has 7 heteroatoms. The van der Waals surface area contributed by atoms with Crippen LogP contribution in [-0.4, -0.2) is 37.0 Å². The number of hydrogen-bond acceptors (Lipinski definition) is 3. The zero-order chi connectivity index (χ0) is 15.5. The molecule has 1 aromatic rings. The first-order valence-electron chi connectivity index (χ1n) is 7.00. The molecule has 0 radical (unpaired) electrons. The number of carbonyl (C=O) groups excluding carboxylic acids is 1. The molecule has 1 saturated heterocycles. The predicted octanol–water partition coefficient (Wildman–Crippen LogP) is 2.43. The van der Waals surface area contributed by atoms with Gasteiger partial charge in [0.1, 0.15) is 6.04 Å². The van der Waals surface area contributed by atoms with Crippen LogP contribution in [0.2, 0.25) is 0 Å². The highest BCUT2D eigenvalue weighted by Crippen LogP contribution is 2.23. The van der Waals surface area contributed by atoms with Crippen LogP contribution in [0.5, 0.6) is 0 Å². The van der Waals surface area contributed by atoms with Gasteiger partial charge >= 0.3 is 0 Å². The summed E-state index contributed by atoms with van der Waals surface area (Å²) in [6.45, 7) is 2.27. The van der Waals surface area contributed by atoms with E-state index in [0.717, 1.165) is 9.99 Å². The number of rotatable bonds is 5. The first-order valence-corrected chi connectivity index (χ1v) is 9.69. The van der Waals surface area contributed by atoms with Crippen LogP contribution in [0.25, 0.3) is 0 Å². The van der Waals surface area contributed by atoms with Gasteiger partial charge < -0.3 is 5.32 Å². The Bertz CT molecular complexity index is 618. The Hall–Kier alpha value is -0.670. The highest BCUT2D eigenvalue weighted by atomic mass is 127. The minimum Gasteiger partial charge on any atom is -0.325 e. The first-order chi connectivity index (χ1) is 9.94. The highest BCUT2D eigenvalue weighted by molar-refractivity contribution is 14.1. The largest absolute Gasteiger partial charge is 0.325 e. The summed E-state index contributed by atoms with van der Waals surface area (Å²) >= 11 is 2.17. The maximum atomic E-state index is 12.4. The van der Waals surface area contributed by atoms with Crippen molar-refractivity contribution < 1.29 is 13.2 Å². The fourth-order valence-electron chi connectivity index (χ4n) is 2.50. The predicted molar refractivity (Wildman–Crippen MR) is 91.6 cm³/mol. The Morgan fingerprint density at radius 3 is 2.90 bits per heavy atom. The summed E-state index contributed by atoms with van der Waals surface area (Å²) in [5.41, 5.74) is 0.701. The molecule has 0 saturated carbocycles. The van der Waals surface area contributed by atoms with Crippen LogP contribution in [0, 0.1) is 3.57 Å². The van der Waals surface area contributed by atoms with Crippen LogP contribution in [-0.2, 0) is 14.8 Å². The molecule has 1 aliphatic heterocycles. The molecule has 0 bridgehead atoms. The van der Waals surface area contributed by atoms with Gasteiger partial charge in [0.2, 0.25) is 15.9 Å². The number of nitrogens with zero attached hydrogens (tertiary/aromatic N) is 1. The molecule has 1 fully saturated rings. The third kappa shape index (κ3) is 4.17. The first kappa shape index (κ1) is 16.7. The molecule has 1 N–H and O–H groups in total. The Morgan fingerprint density at radius 2 is 2.24 bits per heavy atom. The minimum atomic E-state index is -3.33. The third-order valence-corrected chi connectivity index (χ3v) is 6.16. The molecule has 116 valence electrons. The van der Waals surface area contributed by atoms with Crippen molar-refractivity contribution in [2.75, 3.05) is 17.6 Å². The number of nitrogens with one attached hydrogen (secondary N) is 1. The number of benzene rings is 1. The van der Waals surface area contributed by atoms with Gasteiger partial charge in [0.15, 0.2) is 0 Å². The van der Waals surface area contributed by atoms with E-state index in [9.17, 15) is 13.2 Å². The second-order valence-electron chi connectivity index (χ2n) is 5.08. The second kappa shape index (κ2) is 7.06. The van der Waals surface area contributed by atoms with Gasteiger partial charge in [-0.15, -0.1) is 0 Å². The average Bonchev–Trinajstić information content (AvgIpc) is 2.88. The number of carbonyl (C=O) groups is 1. The van der Waals surface area contributed by atoms with Crippen LogP contribution < -0.4 is 5.32 Å². The van der Waals surface area contributed by atoms with Crippen LogP contribution in [0.15, 0.2) is 24.3 Å². The molecule has 0 aromatic heterocycles. The zero-order valence-electron chi connectivity index (χ0n) is 11.9. The van der Waals surface area contributed by atoms with Gasteiger partial charge in [0.05, 0.1) is 5.75 Å². The number of anilines is 1. The van der Waals surface area contributed by atoms with Crippen molar-refractivity contribution in [3.8, 4) is 0 Å². The summed E-state index contributed by atoms with van der Waals surface area (Å²) in [5, 5.41) is 2.82. The Labute approximate surface area is 139 Å². The van der Waals surface area contributed by atoms with E-state index in [-0.39, 0.29) is 11.7 Å². The van der Waals surface area contributed by atoms with Crippen LogP contribution in [0.4, 0.5) is 5.69 Å². The topological polar surface area (TPSA) is 66.5 Å². The summed E-state index contributed by atoms with van der Waals surface area (Å²) in [5.74, 6) is -0.144. The van der Waals surface area contributed by atoms with E-state index in [1.807, 2.05) is 25.1 Å². The lowest BCUT2D eigenvalue weighted by Gasteiger charge is -2.23. The maximum absolute atomic E-state index is 12.4. The minimum absolute atomic E-state index is 0.0972. The van der Waals surface area contributed by atoms with Gasteiger partial charge in [0, 0.05) is 15.8 Å². The lowest BCUT2D eigenvalue weighted by atomic mass is 10.2. The van der Waals surface area contributed by atoms with Crippen molar-refractivity contribution in [3.63, 3.8) is 0 Å². The molecular weight excluding hydrogens is 403 g/mol. The molecule has 0 spiro atoms. The van der Waals surface area contributed by atoms with E-state index in [1.54, 1.807) is 6.07 Å². The normalized spacial score (nSPS) is 19.6. The van der Waals surface area contributed by atoms with Crippen molar-refractivity contribution in [2.24, 2.45) is 0 Å².